The summed E-state index contributed by atoms with van der Waals surface area (Å²) >= 11 is 0. The number of hydrogen-bond acceptors (Lipinski definition) is 8. The lowest BCUT2D eigenvalue weighted by atomic mass is 9.85. The van der Waals surface area contributed by atoms with Gasteiger partial charge in [0.1, 0.15) is 0 Å². The van der Waals surface area contributed by atoms with Crippen molar-refractivity contribution >= 4 is 22.3 Å². The first-order chi connectivity index (χ1) is 10.7. The van der Waals surface area contributed by atoms with E-state index >= 15 is 0 Å². The maximum Gasteiger partial charge on any atom is 0.399 e. The standard InChI is InChI=1S/C14H22O8S/c1-13(5-3-7-19-11(13)15)9-21-23(17,18)22-10-14(2)6-4-8-20-12(14)16/h3-10H2,1-2H3. The van der Waals surface area contributed by atoms with Gasteiger partial charge in [-0.3, -0.25) is 9.59 Å². The minimum absolute atomic E-state index is 0.331. The van der Waals surface area contributed by atoms with E-state index in [1.165, 1.54) is 0 Å². The second-order valence-corrected chi connectivity index (χ2v) is 7.82. The predicted molar refractivity (Wildman–Crippen MR) is 77.4 cm³/mol. The molecule has 0 radical (unpaired) electrons. The minimum atomic E-state index is -4.32. The van der Waals surface area contributed by atoms with Crippen LogP contribution in [-0.2, 0) is 37.8 Å². The fourth-order valence-corrected chi connectivity index (χ4v) is 3.38. The molecule has 2 aliphatic heterocycles. The molecular weight excluding hydrogens is 328 g/mol. The van der Waals surface area contributed by atoms with E-state index in [4.69, 9.17) is 17.8 Å². The Morgan fingerprint density at radius 3 is 1.65 bits per heavy atom. The van der Waals surface area contributed by atoms with Gasteiger partial charge in [-0.1, -0.05) is 0 Å². The van der Waals surface area contributed by atoms with Crippen LogP contribution in [0.15, 0.2) is 0 Å². The zero-order chi connectivity index (χ0) is 17.1. The van der Waals surface area contributed by atoms with Crippen LogP contribution in [0.5, 0.6) is 0 Å². The Balaban J connectivity index is 1.89. The van der Waals surface area contributed by atoms with Gasteiger partial charge in [0.15, 0.2) is 0 Å². The summed E-state index contributed by atoms with van der Waals surface area (Å²) in [6.45, 7) is 3.13. The summed E-state index contributed by atoms with van der Waals surface area (Å²) in [5.74, 6) is -0.969. The third-order valence-corrected chi connectivity index (χ3v) is 5.05. The second kappa shape index (κ2) is 6.74. The van der Waals surface area contributed by atoms with Gasteiger partial charge in [0, 0.05) is 0 Å². The van der Waals surface area contributed by atoms with E-state index in [0.29, 0.717) is 38.9 Å². The molecule has 2 rings (SSSR count). The number of carbonyl (C=O) groups is 2. The van der Waals surface area contributed by atoms with Gasteiger partial charge in [0.05, 0.1) is 37.3 Å². The quantitative estimate of drug-likeness (QED) is 0.652. The van der Waals surface area contributed by atoms with Gasteiger partial charge in [-0.15, -0.1) is 0 Å². The molecule has 2 atom stereocenters. The van der Waals surface area contributed by atoms with Gasteiger partial charge in [-0.25, -0.2) is 8.37 Å². The van der Waals surface area contributed by atoms with Gasteiger partial charge in [-0.05, 0) is 39.5 Å². The van der Waals surface area contributed by atoms with Crippen LogP contribution < -0.4 is 0 Å². The average molecular weight is 350 g/mol. The fraction of sp³-hybridized carbons (Fsp3) is 0.857. The Bertz CT molecular complexity index is 527. The Labute approximate surface area is 135 Å². The number of carbonyl (C=O) groups excluding carboxylic acids is 2. The summed E-state index contributed by atoms with van der Waals surface area (Å²) in [5, 5.41) is 0. The summed E-state index contributed by atoms with van der Waals surface area (Å²) in [6.07, 6.45) is 2.25. The van der Waals surface area contributed by atoms with Gasteiger partial charge in [-0.2, -0.15) is 8.42 Å². The van der Waals surface area contributed by atoms with Crippen molar-refractivity contribution in [2.75, 3.05) is 26.4 Å². The van der Waals surface area contributed by atoms with E-state index in [0.717, 1.165) is 0 Å². The molecule has 132 valence electrons. The van der Waals surface area contributed by atoms with Crippen LogP contribution in [-0.4, -0.2) is 46.8 Å². The van der Waals surface area contributed by atoms with Crippen LogP contribution in [0.25, 0.3) is 0 Å². The first-order valence-corrected chi connectivity index (χ1v) is 8.89. The molecule has 0 amide bonds. The second-order valence-electron chi connectivity index (χ2n) is 6.53. The first kappa shape index (κ1) is 18.2. The summed E-state index contributed by atoms with van der Waals surface area (Å²) in [6, 6.07) is 0. The van der Waals surface area contributed by atoms with Crippen molar-refractivity contribution in [1.29, 1.82) is 0 Å². The smallest absolute Gasteiger partial charge is 0.399 e. The van der Waals surface area contributed by atoms with E-state index in [1.54, 1.807) is 13.8 Å². The van der Waals surface area contributed by atoms with E-state index in [1.807, 2.05) is 0 Å². The topological polar surface area (TPSA) is 105 Å². The zero-order valence-electron chi connectivity index (χ0n) is 13.3. The third-order valence-electron chi connectivity index (χ3n) is 4.24. The number of rotatable bonds is 6. The molecule has 0 aromatic carbocycles. The molecule has 23 heavy (non-hydrogen) atoms. The Morgan fingerprint density at radius 2 is 1.30 bits per heavy atom. The van der Waals surface area contributed by atoms with Crippen molar-refractivity contribution in [1.82, 2.24) is 0 Å². The van der Waals surface area contributed by atoms with Crippen molar-refractivity contribution in [2.24, 2.45) is 10.8 Å². The number of ether oxygens (including phenoxy) is 2. The molecule has 2 saturated heterocycles. The zero-order valence-corrected chi connectivity index (χ0v) is 14.1. The van der Waals surface area contributed by atoms with Gasteiger partial charge < -0.3 is 9.47 Å². The average Bonchev–Trinajstić information content (AvgIpc) is 2.50. The van der Waals surface area contributed by atoms with Crippen molar-refractivity contribution in [2.45, 2.75) is 39.5 Å². The largest absolute Gasteiger partial charge is 0.465 e. The number of hydrogen-bond donors (Lipinski definition) is 0. The Kier molecular flexibility index (Phi) is 5.32. The highest BCUT2D eigenvalue weighted by molar-refractivity contribution is 7.81. The van der Waals surface area contributed by atoms with Crippen LogP contribution in [0.1, 0.15) is 39.5 Å². The van der Waals surface area contributed by atoms with E-state index in [2.05, 4.69) is 0 Å². The van der Waals surface area contributed by atoms with Crippen molar-refractivity contribution in [3.05, 3.63) is 0 Å². The van der Waals surface area contributed by atoms with Crippen LogP contribution in [0.4, 0.5) is 0 Å². The van der Waals surface area contributed by atoms with E-state index in [9.17, 15) is 18.0 Å². The monoisotopic (exact) mass is 350 g/mol. The SMILES string of the molecule is CC1(COS(=O)(=O)OCC2(C)CCCOC2=O)CCCOC1=O. The normalized spacial score (nSPS) is 32.3. The van der Waals surface area contributed by atoms with E-state index < -0.39 is 33.2 Å². The highest BCUT2D eigenvalue weighted by Gasteiger charge is 2.41. The lowest BCUT2D eigenvalue weighted by Crippen LogP contribution is -2.41. The highest BCUT2D eigenvalue weighted by Crippen LogP contribution is 2.32. The molecule has 0 spiro atoms. The van der Waals surface area contributed by atoms with Crippen LogP contribution >= 0.6 is 0 Å². The van der Waals surface area contributed by atoms with Crippen LogP contribution in [0.3, 0.4) is 0 Å². The maximum atomic E-state index is 11.9. The Morgan fingerprint density at radius 1 is 0.913 bits per heavy atom. The van der Waals surface area contributed by atoms with Crippen molar-refractivity contribution < 1.29 is 35.8 Å². The Hall–Kier alpha value is -1.19. The van der Waals surface area contributed by atoms with Crippen LogP contribution in [0, 0.1) is 10.8 Å². The molecule has 0 bridgehead atoms. The molecule has 9 heteroatoms. The molecule has 2 fully saturated rings. The summed E-state index contributed by atoms with van der Waals surface area (Å²) < 4.78 is 43.2. The van der Waals surface area contributed by atoms with Gasteiger partial charge >= 0.3 is 22.3 Å². The summed E-state index contributed by atoms with van der Waals surface area (Å²) in [5.41, 5.74) is -2.02. The molecule has 2 unspecified atom stereocenters. The molecule has 0 aromatic heterocycles. The lowest BCUT2D eigenvalue weighted by Gasteiger charge is -2.31. The van der Waals surface area contributed by atoms with E-state index in [-0.39, 0.29) is 13.2 Å². The molecule has 0 aromatic rings. The van der Waals surface area contributed by atoms with Crippen molar-refractivity contribution in [3.8, 4) is 0 Å². The molecule has 8 nitrogen and oxygen atoms in total. The number of esters is 2. The molecule has 0 N–H and O–H groups in total. The van der Waals surface area contributed by atoms with Crippen molar-refractivity contribution in [3.63, 3.8) is 0 Å². The molecule has 0 saturated carbocycles. The van der Waals surface area contributed by atoms with Crippen LogP contribution in [0.2, 0.25) is 0 Å². The molecule has 2 aliphatic rings. The number of cyclic esters (lactones) is 2. The maximum absolute atomic E-state index is 11.9. The summed E-state index contributed by atoms with van der Waals surface area (Å²) in [4.78, 5) is 23.5. The first-order valence-electron chi connectivity index (χ1n) is 7.55. The molecule has 2 heterocycles. The molecular formula is C14H22O8S. The van der Waals surface area contributed by atoms with Gasteiger partial charge in [0.25, 0.3) is 0 Å². The molecule has 0 aliphatic carbocycles. The predicted octanol–water partition coefficient (Wildman–Crippen LogP) is 0.951. The minimum Gasteiger partial charge on any atom is -0.465 e. The third kappa shape index (κ3) is 4.42. The fourth-order valence-electron chi connectivity index (χ4n) is 2.51. The highest BCUT2D eigenvalue weighted by atomic mass is 32.3. The summed E-state index contributed by atoms with van der Waals surface area (Å²) in [7, 11) is -4.32. The van der Waals surface area contributed by atoms with Gasteiger partial charge in [0.2, 0.25) is 0 Å². The lowest BCUT2D eigenvalue weighted by molar-refractivity contribution is -0.163.